The van der Waals surface area contributed by atoms with Crippen molar-refractivity contribution in [3.8, 4) is 6.07 Å². The van der Waals surface area contributed by atoms with Gasteiger partial charge < -0.3 is 10.6 Å². The third-order valence-corrected chi connectivity index (χ3v) is 3.19. The van der Waals surface area contributed by atoms with Crippen LogP contribution < -0.4 is 10.6 Å². The Kier molecular flexibility index (Phi) is 3.69. The summed E-state index contributed by atoms with van der Waals surface area (Å²) in [5.41, 5.74) is 5.77. The van der Waals surface area contributed by atoms with Gasteiger partial charge in [0.2, 0.25) is 0 Å². The van der Waals surface area contributed by atoms with Gasteiger partial charge in [-0.3, -0.25) is 0 Å². The maximum atomic E-state index is 8.68. The molecule has 0 radical (unpaired) electrons. The van der Waals surface area contributed by atoms with E-state index in [1.165, 1.54) is 24.6 Å². The van der Waals surface area contributed by atoms with Crippen LogP contribution in [0, 0.1) is 11.3 Å². The van der Waals surface area contributed by atoms with Crippen LogP contribution in [0.25, 0.3) is 0 Å². The zero-order valence-corrected chi connectivity index (χ0v) is 10.6. The summed E-state index contributed by atoms with van der Waals surface area (Å²) in [5.74, 6) is 1.33. The van der Waals surface area contributed by atoms with E-state index in [0.717, 1.165) is 5.82 Å². The van der Waals surface area contributed by atoms with E-state index in [9.17, 15) is 0 Å². The van der Waals surface area contributed by atoms with E-state index in [2.05, 4.69) is 20.9 Å². The maximum Gasteiger partial charge on any atom is 0.191 e. The van der Waals surface area contributed by atoms with Gasteiger partial charge in [-0.25, -0.2) is 9.97 Å². The number of anilines is 2. The predicted octanol–water partition coefficient (Wildman–Crippen LogP) is 1.66. The molecule has 0 aliphatic heterocycles. The van der Waals surface area contributed by atoms with Crippen LogP contribution in [0.1, 0.15) is 19.3 Å². The Morgan fingerprint density at radius 2 is 2.35 bits per heavy atom. The highest BCUT2D eigenvalue weighted by molar-refractivity contribution is 7.98. The third-order valence-electron chi connectivity index (χ3n) is 2.64. The van der Waals surface area contributed by atoms with Crippen molar-refractivity contribution < 1.29 is 0 Å². The molecule has 0 aromatic carbocycles. The predicted molar refractivity (Wildman–Crippen MR) is 68.8 cm³/mol. The lowest BCUT2D eigenvalue weighted by molar-refractivity contribution is 0.764. The molecule has 6 heteroatoms. The normalized spacial score (nSPS) is 14.4. The summed E-state index contributed by atoms with van der Waals surface area (Å²) in [6.45, 7) is 0.714. The van der Waals surface area contributed by atoms with Crippen molar-refractivity contribution in [1.82, 2.24) is 9.97 Å². The SMILES string of the molecule is CSc1nc(N)cc(N(CCC#N)C2CC2)n1. The molecule has 1 aliphatic rings. The minimum atomic E-state index is 0.488. The third kappa shape index (κ3) is 3.01. The number of aromatic nitrogens is 2. The van der Waals surface area contributed by atoms with Crippen molar-refractivity contribution in [3.05, 3.63) is 6.07 Å². The number of hydrogen-bond donors (Lipinski definition) is 1. The number of nitrogens with zero attached hydrogens (tertiary/aromatic N) is 4. The molecule has 1 heterocycles. The van der Waals surface area contributed by atoms with Crippen LogP contribution in [0.4, 0.5) is 11.6 Å². The number of thioether (sulfide) groups is 1. The van der Waals surface area contributed by atoms with Crippen LogP contribution in [0.15, 0.2) is 11.2 Å². The van der Waals surface area contributed by atoms with E-state index in [-0.39, 0.29) is 0 Å². The van der Waals surface area contributed by atoms with E-state index in [1.807, 2.05) is 6.26 Å². The Labute approximate surface area is 105 Å². The molecule has 2 rings (SSSR count). The fraction of sp³-hybridized carbons (Fsp3) is 0.545. The lowest BCUT2D eigenvalue weighted by atomic mass is 10.3. The second kappa shape index (κ2) is 5.23. The van der Waals surface area contributed by atoms with Crippen molar-refractivity contribution in [2.24, 2.45) is 0 Å². The average molecular weight is 249 g/mol. The summed E-state index contributed by atoms with van der Waals surface area (Å²) in [4.78, 5) is 10.8. The molecule has 0 bridgehead atoms. The van der Waals surface area contributed by atoms with Crippen molar-refractivity contribution in [2.75, 3.05) is 23.4 Å². The Morgan fingerprint density at radius 1 is 1.59 bits per heavy atom. The van der Waals surface area contributed by atoms with Gasteiger partial charge in [0, 0.05) is 18.7 Å². The maximum absolute atomic E-state index is 8.68. The molecule has 2 N–H and O–H groups in total. The van der Waals surface area contributed by atoms with Crippen molar-refractivity contribution in [1.29, 1.82) is 5.26 Å². The fourth-order valence-corrected chi connectivity index (χ4v) is 2.09. The molecule has 0 spiro atoms. The van der Waals surface area contributed by atoms with Crippen molar-refractivity contribution >= 4 is 23.4 Å². The molecule has 0 amide bonds. The van der Waals surface area contributed by atoms with E-state index in [0.29, 0.717) is 30.0 Å². The topological polar surface area (TPSA) is 78.8 Å². The van der Waals surface area contributed by atoms with Gasteiger partial charge in [0.25, 0.3) is 0 Å². The monoisotopic (exact) mass is 249 g/mol. The zero-order valence-electron chi connectivity index (χ0n) is 9.76. The van der Waals surface area contributed by atoms with Crippen LogP contribution in [0.3, 0.4) is 0 Å². The molecule has 1 aromatic rings. The van der Waals surface area contributed by atoms with Gasteiger partial charge >= 0.3 is 0 Å². The second-order valence-electron chi connectivity index (χ2n) is 3.97. The fourth-order valence-electron chi connectivity index (χ4n) is 1.71. The molecule has 1 aliphatic carbocycles. The van der Waals surface area contributed by atoms with Crippen LogP contribution >= 0.6 is 11.8 Å². The Morgan fingerprint density at radius 3 is 2.94 bits per heavy atom. The molecule has 0 saturated heterocycles. The Bertz CT molecular complexity index is 438. The first-order valence-corrected chi connectivity index (χ1v) is 6.79. The van der Waals surface area contributed by atoms with Gasteiger partial charge in [-0.15, -0.1) is 0 Å². The smallest absolute Gasteiger partial charge is 0.191 e. The van der Waals surface area contributed by atoms with E-state index in [1.54, 1.807) is 6.07 Å². The van der Waals surface area contributed by atoms with Gasteiger partial charge in [0.1, 0.15) is 11.6 Å². The Hall–Kier alpha value is -1.48. The minimum Gasteiger partial charge on any atom is -0.383 e. The molecule has 0 unspecified atom stereocenters. The van der Waals surface area contributed by atoms with E-state index >= 15 is 0 Å². The highest BCUT2D eigenvalue weighted by Gasteiger charge is 2.30. The standard InChI is InChI=1S/C11H15N5S/c1-17-11-14-9(13)7-10(15-11)16(6-2-5-12)8-3-4-8/h7-8H,2-4,6H2,1H3,(H2,13,14,15). The van der Waals surface area contributed by atoms with Crippen molar-refractivity contribution in [3.63, 3.8) is 0 Å². The summed E-state index contributed by atoms with van der Waals surface area (Å²) < 4.78 is 0. The number of hydrogen-bond acceptors (Lipinski definition) is 6. The molecular formula is C11H15N5S. The summed E-state index contributed by atoms with van der Waals surface area (Å²) >= 11 is 1.48. The highest BCUT2D eigenvalue weighted by Crippen LogP contribution is 2.31. The number of nitrogens with two attached hydrogens (primary N) is 1. The highest BCUT2D eigenvalue weighted by atomic mass is 32.2. The molecule has 17 heavy (non-hydrogen) atoms. The van der Waals surface area contributed by atoms with E-state index in [4.69, 9.17) is 11.0 Å². The van der Waals surface area contributed by atoms with Gasteiger partial charge in [-0.1, -0.05) is 11.8 Å². The Balaban J connectivity index is 2.22. The lowest BCUT2D eigenvalue weighted by Gasteiger charge is -2.22. The van der Waals surface area contributed by atoms with Gasteiger partial charge in [0.15, 0.2) is 5.16 Å². The minimum absolute atomic E-state index is 0.488. The molecule has 1 saturated carbocycles. The largest absolute Gasteiger partial charge is 0.383 e. The summed E-state index contributed by atoms with van der Waals surface area (Å²) in [7, 11) is 0. The van der Waals surface area contributed by atoms with Gasteiger partial charge in [-0.2, -0.15) is 5.26 Å². The van der Waals surface area contributed by atoms with E-state index < -0.39 is 0 Å². The summed E-state index contributed by atoms with van der Waals surface area (Å²) in [6.07, 6.45) is 4.78. The lowest BCUT2D eigenvalue weighted by Crippen LogP contribution is -2.28. The molecule has 1 aromatic heterocycles. The number of rotatable bonds is 5. The number of nitriles is 1. The van der Waals surface area contributed by atoms with Gasteiger partial charge in [-0.05, 0) is 19.1 Å². The first-order valence-electron chi connectivity index (χ1n) is 5.56. The average Bonchev–Trinajstić information content (AvgIpc) is 3.13. The molecule has 90 valence electrons. The molecular weight excluding hydrogens is 234 g/mol. The zero-order chi connectivity index (χ0) is 12.3. The summed E-state index contributed by atoms with van der Waals surface area (Å²) in [5, 5.41) is 9.36. The first kappa shape index (κ1) is 12.0. The molecule has 0 atom stereocenters. The molecule has 1 fully saturated rings. The van der Waals surface area contributed by atoms with Crippen LogP contribution in [0.2, 0.25) is 0 Å². The van der Waals surface area contributed by atoms with Crippen LogP contribution in [-0.2, 0) is 0 Å². The molecule has 5 nitrogen and oxygen atoms in total. The second-order valence-corrected chi connectivity index (χ2v) is 4.74. The quantitative estimate of drug-likeness (QED) is 0.631. The first-order chi connectivity index (χ1) is 8.24. The van der Waals surface area contributed by atoms with Gasteiger partial charge in [0.05, 0.1) is 12.5 Å². The van der Waals surface area contributed by atoms with Crippen LogP contribution in [0.5, 0.6) is 0 Å². The van der Waals surface area contributed by atoms with Crippen molar-refractivity contribution in [2.45, 2.75) is 30.5 Å². The van der Waals surface area contributed by atoms with Crippen LogP contribution in [-0.4, -0.2) is 28.8 Å². The number of nitrogen functional groups attached to an aromatic ring is 1. The summed E-state index contributed by atoms with van der Waals surface area (Å²) in [6, 6.07) is 4.48.